The van der Waals surface area contributed by atoms with Gasteiger partial charge in [0.05, 0.1) is 6.61 Å². The van der Waals surface area contributed by atoms with Gasteiger partial charge in [-0.25, -0.2) is 0 Å². The molecule has 1 rings (SSSR count). The largest absolute Gasteiger partial charge is 0.493 e. The second kappa shape index (κ2) is 9.85. The van der Waals surface area contributed by atoms with E-state index >= 15 is 0 Å². The smallest absolute Gasteiger partial charge is 0.119 e. The zero-order chi connectivity index (χ0) is 13.9. The maximum absolute atomic E-state index is 5.95. The third-order valence-electron chi connectivity index (χ3n) is 3.51. The van der Waals surface area contributed by atoms with Gasteiger partial charge in [0, 0.05) is 6.54 Å². The molecule has 0 radical (unpaired) electrons. The zero-order valence-electron chi connectivity index (χ0n) is 12.7. The number of ether oxygens (including phenoxy) is 1. The molecule has 0 aliphatic heterocycles. The number of hydrogen-bond donors (Lipinski definition) is 1. The number of rotatable bonds is 10. The van der Waals surface area contributed by atoms with Crippen LogP contribution in [0.4, 0.5) is 0 Å². The van der Waals surface area contributed by atoms with Gasteiger partial charge in [-0.05, 0) is 36.6 Å². The first kappa shape index (κ1) is 16.0. The predicted octanol–water partition coefficient (Wildman–Crippen LogP) is 4.39. The highest BCUT2D eigenvalue weighted by atomic mass is 16.5. The van der Waals surface area contributed by atoms with Crippen molar-refractivity contribution in [3.63, 3.8) is 0 Å². The molecule has 0 aliphatic carbocycles. The molecule has 0 aliphatic rings. The second-order valence-corrected chi connectivity index (χ2v) is 5.16. The summed E-state index contributed by atoms with van der Waals surface area (Å²) in [5.41, 5.74) is 1.29. The van der Waals surface area contributed by atoms with Crippen LogP contribution in [-0.2, 0) is 6.54 Å². The number of benzene rings is 1. The van der Waals surface area contributed by atoms with Gasteiger partial charge in [-0.15, -0.1) is 0 Å². The quantitative estimate of drug-likeness (QED) is 0.676. The van der Waals surface area contributed by atoms with E-state index in [0.717, 1.165) is 25.4 Å². The number of nitrogens with one attached hydrogen (secondary N) is 1. The fraction of sp³-hybridized carbons (Fsp3) is 0.647. The van der Waals surface area contributed by atoms with Crippen LogP contribution in [0.3, 0.4) is 0 Å². The summed E-state index contributed by atoms with van der Waals surface area (Å²) in [5, 5.41) is 3.34. The Morgan fingerprint density at radius 2 is 2.05 bits per heavy atom. The molecular formula is C17H29NO. The van der Waals surface area contributed by atoms with E-state index in [1.807, 2.05) is 0 Å². The standard InChI is InChI=1S/C17H29NO/c1-4-7-9-15(5-2)14-19-17-11-8-10-16(12-17)13-18-6-3/h8,10-12,15,18H,4-7,9,13-14H2,1-3H3. The van der Waals surface area contributed by atoms with Crippen LogP contribution in [-0.4, -0.2) is 13.2 Å². The van der Waals surface area contributed by atoms with E-state index in [1.54, 1.807) is 0 Å². The molecule has 0 amide bonds. The van der Waals surface area contributed by atoms with E-state index in [2.05, 4.69) is 50.4 Å². The molecule has 2 nitrogen and oxygen atoms in total. The van der Waals surface area contributed by atoms with E-state index in [9.17, 15) is 0 Å². The normalized spacial score (nSPS) is 12.4. The summed E-state index contributed by atoms with van der Waals surface area (Å²) in [6.07, 6.45) is 5.07. The van der Waals surface area contributed by atoms with Gasteiger partial charge in [0.25, 0.3) is 0 Å². The average molecular weight is 263 g/mol. The summed E-state index contributed by atoms with van der Waals surface area (Å²) in [6.45, 7) is 9.39. The molecule has 0 spiro atoms. The SMILES string of the molecule is CCCCC(CC)COc1cccc(CNCC)c1. The molecule has 1 unspecified atom stereocenters. The maximum Gasteiger partial charge on any atom is 0.119 e. The topological polar surface area (TPSA) is 21.3 Å². The molecule has 0 bridgehead atoms. The van der Waals surface area contributed by atoms with Gasteiger partial charge in [-0.2, -0.15) is 0 Å². The molecule has 1 atom stereocenters. The average Bonchev–Trinajstić information content (AvgIpc) is 2.46. The summed E-state index contributed by atoms with van der Waals surface area (Å²) in [5.74, 6) is 1.70. The first-order valence-electron chi connectivity index (χ1n) is 7.72. The van der Waals surface area contributed by atoms with Crippen molar-refractivity contribution in [2.75, 3.05) is 13.2 Å². The summed E-state index contributed by atoms with van der Waals surface area (Å²) in [7, 11) is 0. The lowest BCUT2D eigenvalue weighted by molar-refractivity contribution is 0.233. The predicted molar refractivity (Wildman–Crippen MR) is 82.6 cm³/mol. The lowest BCUT2D eigenvalue weighted by atomic mass is 10.0. The minimum atomic E-state index is 0.692. The highest BCUT2D eigenvalue weighted by Crippen LogP contribution is 2.17. The van der Waals surface area contributed by atoms with E-state index in [0.29, 0.717) is 5.92 Å². The minimum Gasteiger partial charge on any atom is -0.493 e. The minimum absolute atomic E-state index is 0.692. The highest BCUT2D eigenvalue weighted by molar-refractivity contribution is 5.28. The Hall–Kier alpha value is -1.02. The molecule has 0 fully saturated rings. The van der Waals surface area contributed by atoms with Gasteiger partial charge in [-0.1, -0.05) is 52.2 Å². The second-order valence-electron chi connectivity index (χ2n) is 5.16. The zero-order valence-corrected chi connectivity index (χ0v) is 12.7. The van der Waals surface area contributed by atoms with E-state index in [4.69, 9.17) is 4.74 Å². The third kappa shape index (κ3) is 6.63. The third-order valence-corrected chi connectivity index (χ3v) is 3.51. The molecule has 19 heavy (non-hydrogen) atoms. The van der Waals surface area contributed by atoms with Gasteiger partial charge in [0.1, 0.15) is 5.75 Å². The van der Waals surface area contributed by atoms with Crippen LogP contribution in [0.15, 0.2) is 24.3 Å². The molecular weight excluding hydrogens is 234 g/mol. The Labute approximate surface area is 118 Å². The summed E-state index contributed by atoms with van der Waals surface area (Å²) >= 11 is 0. The Morgan fingerprint density at radius 3 is 2.74 bits per heavy atom. The van der Waals surface area contributed by atoms with Crippen LogP contribution in [0.25, 0.3) is 0 Å². The van der Waals surface area contributed by atoms with Crippen LogP contribution in [0, 0.1) is 5.92 Å². The van der Waals surface area contributed by atoms with Crippen molar-refractivity contribution >= 4 is 0 Å². The Bertz CT molecular complexity index is 338. The van der Waals surface area contributed by atoms with Crippen LogP contribution in [0.2, 0.25) is 0 Å². The molecule has 1 N–H and O–H groups in total. The lowest BCUT2D eigenvalue weighted by Gasteiger charge is -2.16. The molecule has 0 saturated heterocycles. The molecule has 1 aromatic rings. The molecule has 0 heterocycles. The van der Waals surface area contributed by atoms with Gasteiger partial charge >= 0.3 is 0 Å². The Morgan fingerprint density at radius 1 is 1.21 bits per heavy atom. The Balaban J connectivity index is 2.42. The van der Waals surface area contributed by atoms with Crippen LogP contribution in [0.5, 0.6) is 5.75 Å². The maximum atomic E-state index is 5.95. The van der Waals surface area contributed by atoms with Gasteiger partial charge in [0.2, 0.25) is 0 Å². The van der Waals surface area contributed by atoms with Gasteiger partial charge in [0.15, 0.2) is 0 Å². The fourth-order valence-corrected chi connectivity index (χ4v) is 2.13. The van der Waals surface area contributed by atoms with E-state index in [-0.39, 0.29) is 0 Å². The van der Waals surface area contributed by atoms with Gasteiger partial charge < -0.3 is 10.1 Å². The van der Waals surface area contributed by atoms with Crippen LogP contribution in [0.1, 0.15) is 52.0 Å². The summed E-state index contributed by atoms with van der Waals surface area (Å²) in [4.78, 5) is 0. The van der Waals surface area contributed by atoms with Crippen molar-refractivity contribution < 1.29 is 4.74 Å². The number of unbranched alkanes of at least 4 members (excludes halogenated alkanes) is 1. The van der Waals surface area contributed by atoms with Crippen molar-refractivity contribution in [2.24, 2.45) is 5.92 Å². The van der Waals surface area contributed by atoms with Crippen molar-refractivity contribution in [3.05, 3.63) is 29.8 Å². The Kier molecular flexibility index (Phi) is 8.31. The van der Waals surface area contributed by atoms with Gasteiger partial charge in [-0.3, -0.25) is 0 Å². The lowest BCUT2D eigenvalue weighted by Crippen LogP contribution is -2.13. The fourth-order valence-electron chi connectivity index (χ4n) is 2.13. The summed E-state index contributed by atoms with van der Waals surface area (Å²) in [6, 6.07) is 8.43. The summed E-state index contributed by atoms with van der Waals surface area (Å²) < 4.78 is 5.95. The van der Waals surface area contributed by atoms with Crippen molar-refractivity contribution in [3.8, 4) is 5.75 Å². The van der Waals surface area contributed by atoms with Crippen LogP contribution < -0.4 is 10.1 Å². The van der Waals surface area contributed by atoms with Crippen molar-refractivity contribution in [1.29, 1.82) is 0 Å². The van der Waals surface area contributed by atoms with E-state index in [1.165, 1.54) is 31.2 Å². The van der Waals surface area contributed by atoms with Crippen molar-refractivity contribution in [2.45, 2.75) is 53.0 Å². The first-order chi connectivity index (χ1) is 9.30. The monoisotopic (exact) mass is 263 g/mol. The molecule has 1 aromatic carbocycles. The number of hydrogen-bond acceptors (Lipinski definition) is 2. The van der Waals surface area contributed by atoms with Crippen LogP contribution >= 0.6 is 0 Å². The van der Waals surface area contributed by atoms with E-state index < -0.39 is 0 Å². The first-order valence-corrected chi connectivity index (χ1v) is 7.72. The molecule has 0 saturated carbocycles. The molecule has 2 heteroatoms. The highest BCUT2D eigenvalue weighted by Gasteiger charge is 2.07. The molecule has 0 aromatic heterocycles. The molecule has 108 valence electrons. The van der Waals surface area contributed by atoms with Crippen molar-refractivity contribution in [1.82, 2.24) is 5.32 Å².